The normalized spacial score (nSPS) is 12.5. The number of nitro groups is 2. The first kappa shape index (κ1) is 27.8. The summed E-state index contributed by atoms with van der Waals surface area (Å²) in [6.45, 7) is 13.7. The molecule has 0 amide bonds. The topological polar surface area (TPSA) is 104 Å². The highest BCUT2D eigenvalue weighted by Crippen LogP contribution is 2.40. The summed E-state index contributed by atoms with van der Waals surface area (Å²) < 4.78 is 1.54. The van der Waals surface area contributed by atoms with E-state index in [0.29, 0.717) is 11.6 Å². The third-order valence-electron chi connectivity index (χ3n) is 3.77. The van der Waals surface area contributed by atoms with Crippen molar-refractivity contribution in [2.24, 2.45) is 0 Å². The standard InChI is InChI=1S/C8H9B2N3O2.C7H9NO2S.2C2H6/c1-8(9,10)6-4-11-7(13(14)15)12(6)5-2-3-5;1-5(2)6-3-4-7(11-6)8(9)10;2*1-2/h4-5H,2-3H2,1H3;3-5H,1-2H3;2*1-2H3. The molecule has 1 aliphatic carbocycles. The Kier molecular flexibility index (Phi) is 11.6. The first-order valence-corrected chi connectivity index (χ1v) is 10.9. The molecule has 0 unspecified atom stereocenters. The van der Waals surface area contributed by atoms with Crippen LogP contribution in [0.15, 0.2) is 18.3 Å². The van der Waals surface area contributed by atoms with E-state index in [1.54, 1.807) is 17.6 Å². The number of hydrogen-bond acceptors (Lipinski definition) is 6. The quantitative estimate of drug-likeness (QED) is 0.354. The molecular formula is C19H30B2N4O4S. The molecule has 0 N–H and O–H groups in total. The molecule has 1 aliphatic rings. The first-order chi connectivity index (χ1) is 14.0. The predicted octanol–water partition coefficient (Wildman–Crippen LogP) is 5.47. The average molecular weight is 432 g/mol. The summed E-state index contributed by atoms with van der Waals surface area (Å²) in [4.78, 5) is 24.9. The van der Waals surface area contributed by atoms with E-state index in [2.05, 4.69) is 4.98 Å². The SMILES string of the molecule is CC.CC.CC(C)c1ccc([N+](=O)[O-])s1.[B]C([B])(C)c1cnc([N+](=O)[O-])n1C1CC1. The van der Waals surface area contributed by atoms with Gasteiger partial charge in [-0.1, -0.05) is 64.8 Å². The minimum Gasteiger partial charge on any atom is -0.390 e. The molecule has 4 radical (unpaired) electrons. The maximum absolute atomic E-state index is 10.7. The van der Waals surface area contributed by atoms with Gasteiger partial charge in [-0.25, -0.2) is 4.57 Å². The van der Waals surface area contributed by atoms with Crippen molar-refractivity contribution in [1.29, 1.82) is 0 Å². The Hall–Kier alpha value is -2.16. The summed E-state index contributed by atoms with van der Waals surface area (Å²) in [6.07, 6.45) is 3.22. The number of hydrogen-bond donors (Lipinski definition) is 0. The fraction of sp³-hybridized carbons (Fsp3) is 0.632. The molecule has 1 saturated carbocycles. The maximum atomic E-state index is 10.7. The van der Waals surface area contributed by atoms with Crippen LogP contribution in [0.2, 0.25) is 0 Å². The van der Waals surface area contributed by atoms with Gasteiger partial charge < -0.3 is 10.1 Å². The number of thiophene rings is 1. The van der Waals surface area contributed by atoms with Gasteiger partial charge in [-0.15, -0.1) is 0 Å². The number of aromatic nitrogens is 2. The molecule has 8 nitrogen and oxygen atoms in total. The van der Waals surface area contributed by atoms with Gasteiger partial charge in [-0.3, -0.25) is 10.1 Å². The molecule has 2 aromatic heterocycles. The van der Waals surface area contributed by atoms with E-state index in [0.717, 1.165) is 17.7 Å². The molecule has 0 aromatic carbocycles. The van der Waals surface area contributed by atoms with Crippen molar-refractivity contribution in [2.45, 2.75) is 78.5 Å². The summed E-state index contributed by atoms with van der Waals surface area (Å²) in [5.41, 5.74) is 0.511. The minimum atomic E-state index is -1.09. The van der Waals surface area contributed by atoms with Crippen LogP contribution < -0.4 is 0 Å². The van der Waals surface area contributed by atoms with Crippen LogP contribution in [0.25, 0.3) is 0 Å². The van der Waals surface area contributed by atoms with Gasteiger partial charge in [0.2, 0.25) is 0 Å². The van der Waals surface area contributed by atoms with E-state index < -0.39 is 10.1 Å². The average Bonchev–Trinajstić information content (AvgIpc) is 3.22. The second-order valence-corrected chi connectivity index (χ2v) is 7.77. The number of rotatable bonds is 5. The fourth-order valence-electron chi connectivity index (χ4n) is 2.33. The van der Waals surface area contributed by atoms with Crippen molar-refractivity contribution in [1.82, 2.24) is 9.55 Å². The molecule has 162 valence electrons. The van der Waals surface area contributed by atoms with Gasteiger partial charge in [0.05, 0.1) is 26.7 Å². The van der Waals surface area contributed by atoms with Crippen LogP contribution in [-0.4, -0.2) is 35.1 Å². The first-order valence-electron chi connectivity index (χ1n) is 10.1. The third-order valence-corrected chi connectivity index (χ3v) is 5.10. The molecule has 0 bridgehead atoms. The summed E-state index contributed by atoms with van der Waals surface area (Å²) in [6, 6.07) is 3.50. The van der Waals surface area contributed by atoms with E-state index in [-0.39, 0.29) is 21.9 Å². The summed E-state index contributed by atoms with van der Waals surface area (Å²) in [5.74, 6) is 0.211. The van der Waals surface area contributed by atoms with Gasteiger partial charge in [-0.05, 0) is 35.0 Å². The van der Waals surface area contributed by atoms with Crippen LogP contribution in [0.1, 0.15) is 83.8 Å². The van der Waals surface area contributed by atoms with Crippen LogP contribution in [0.3, 0.4) is 0 Å². The van der Waals surface area contributed by atoms with Crippen molar-refractivity contribution in [3.8, 4) is 0 Å². The Labute approximate surface area is 185 Å². The summed E-state index contributed by atoms with van der Waals surface area (Å²) >= 11 is 1.25. The smallest absolute Gasteiger partial charge is 0.390 e. The minimum absolute atomic E-state index is 0.134. The van der Waals surface area contributed by atoms with Crippen LogP contribution in [-0.2, 0) is 5.21 Å². The Morgan fingerprint density at radius 2 is 1.67 bits per heavy atom. The highest BCUT2D eigenvalue weighted by molar-refractivity contribution is 7.15. The monoisotopic (exact) mass is 432 g/mol. The molecule has 0 aliphatic heterocycles. The summed E-state index contributed by atoms with van der Waals surface area (Å²) in [5, 5.41) is 20.1. The van der Waals surface area contributed by atoms with Gasteiger partial charge in [-0.2, -0.15) is 0 Å². The van der Waals surface area contributed by atoms with Crippen LogP contribution in [0.5, 0.6) is 0 Å². The highest BCUT2D eigenvalue weighted by atomic mass is 32.1. The van der Waals surface area contributed by atoms with Gasteiger partial charge in [0.15, 0.2) is 0 Å². The van der Waals surface area contributed by atoms with Crippen LogP contribution in [0.4, 0.5) is 10.9 Å². The van der Waals surface area contributed by atoms with Crippen LogP contribution in [0, 0.1) is 20.2 Å². The fourth-order valence-corrected chi connectivity index (χ4v) is 3.15. The largest absolute Gasteiger partial charge is 0.434 e. The lowest BCUT2D eigenvalue weighted by atomic mass is 9.54. The molecule has 30 heavy (non-hydrogen) atoms. The van der Waals surface area contributed by atoms with E-state index in [9.17, 15) is 20.2 Å². The second kappa shape index (κ2) is 12.5. The lowest BCUT2D eigenvalue weighted by molar-refractivity contribution is -0.396. The van der Waals surface area contributed by atoms with E-state index in [4.69, 9.17) is 15.7 Å². The highest BCUT2D eigenvalue weighted by Gasteiger charge is 2.38. The molecule has 3 rings (SSSR count). The van der Waals surface area contributed by atoms with Crippen molar-refractivity contribution in [2.75, 3.05) is 0 Å². The van der Waals surface area contributed by atoms with Crippen molar-refractivity contribution < 1.29 is 9.85 Å². The zero-order valence-electron chi connectivity index (χ0n) is 18.8. The molecule has 0 atom stereocenters. The lowest BCUT2D eigenvalue weighted by Crippen LogP contribution is -2.26. The maximum Gasteiger partial charge on any atom is 0.434 e. The summed E-state index contributed by atoms with van der Waals surface area (Å²) in [7, 11) is 11.5. The van der Waals surface area contributed by atoms with Crippen molar-refractivity contribution in [3.05, 3.63) is 49.1 Å². The molecule has 0 spiro atoms. The Balaban J connectivity index is 0.000000498. The number of imidazole rings is 1. The second-order valence-electron chi connectivity index (χ2n) is 6.67. The zero-order valence-corrected chi connectivity index (χ0v) is 19.6. The molecular weight excluding hydrogens is 402 g/mol. The van der Waals surface area contributed by atoms with E-state index >= 15 is 0 Å². The predicted molar refractivity (Wildman–Crippen MR) is 124 cm³/mol. The van der Waals surface area contributed by atoms with Gasteiger partial charge in [0, 0.05) is 10.9 Å². The molecule has 0 saturated heterocycles. The molecule has 2 heterocycles. The van der Waals surface area contributed by atoms with Gasteiger partial charge in [0.25, 0.3) is 0 Å². The van der Waals surface area contributed by atoms with Gasteiger partial charge in [0.1, 0.15) is 11.9 Å². The van der Waals surface area contributed by atoms with Crippen molar-refractivity contribution in [3.63, 3.8) is 0 Å². The third kappa shape index (κ3) is 7.93. The van der Waals surface area contributed by atoms with E-state index in [1.165, 1.54) is 17.5 Å². The van der Waals surface area contributed by atoms with E-state index in [1.807, 2.05) is 47.6 Å². The Morgan fingerprint density at radius 3 is 1.97 bits per heavy atom. The van der Waals surface area contributed by atoms with Crippen LogP contribution >= 0.6 is 11.3 Å². The molecule has 2 aromatic rings. The lowest BCUT2D eigenvalue weighted by Gasteiger charge is -2.17. The molecule has 1 fully saturated rings. The number of nitrogens with zero attached hydrogens (tertiary/aromatic N) is 4. The zero-order chi connectivity index (χ0) is 23.6. The van der Waals surface area contributed by atoms with Gasteiger partial charge >= 0.3 is 10.9 Å². The Bertz CT molecular complexity index is 812. The van der Waals surface area contributed by atoms with Crippen molar-refractivity contribution >= 4 is 38.0 Å². The molecule has 11 heteroatoms. The Morgan fingerprint density at radius 1 is 1.13 bits per heavy atom.